The lowest BCUT2D eigenvalue weighted by molar-refractivity contribution is 0.328. The summed E-state index contributed by atoms with van der Waals surface area (Å²) in [5, 5.41) is 10.8. The van der Waals surface area contributed by atoms with Crippen molar-refractivity contribution in [2.45, 2.75) is 37.8 Å². The number of nitrogens with zero attached hydrogens (tertiary/aromatic N) is 3. The van der Waals surface area contributed by atoms with Gasteiger partial charge in [-0.1, -0.05) is 0 Å². The third-order valence-electron chi connectivity index (χ3n) is 4.97. The van der Waals surface area contributed by atoms with E-state index in [-0.39, 0.29) is 0 Å². The third kappa shape index (κ3) is 3.70. The molecule has 0 amide bonds. The van der Waals surface area contributed by atoms with Gasteiger partial charge in [-0.3, -0.25) is 0 Å². The van der Waals surface area contributed by atoms with Crippen LogP contribution in [0.15, 0.2) is 29.1 Å². The average molecular weight is 349 g/mol. The number of aromatic nitrogens is 1. The molecule has 0 radical (unpaired) electrons. The number of rotatable bonds is 4. The van der Waals surface area contributed by atoms with Crippen molar-refractivity contribution in [1.29, 1.82) is 0 Å². The van der Waals surface area contributed by atoms with Gasteiger partial charge in [-0.15, -0.1) is 22.7 Å². The summed E-state index contributed by atoms with van der Waals surface area (Å²) in [6, 6.07) is 5.78. The second-order valence-electron chi connectivity index (χ2n) is 6.46. The Morgan fingerprint density at radius 3 is 2.17 bits per heavy atom. The minimum Gasteiger partial charge on any atom is -0.363 e. The highest BCUT2D eigenvalue weighted by atomic mass is 32.1. The lowest BCUT2D eigenvalue weighted by Crippen LogP contribution is -2.49. The lowest BCUT2D eigenvalue weighted by atomic mass is 10.00. The van der Waals surface area contributed by atoms with Gasteiger partial charge in [-0.25, -0.2) is 4.98 Å². The van der Waals surface area contributed by atoms with Gasteiger partial charge in [-0.05, 0) is 43.2 Å². The fourth-order valence-corrected chi connectivity index (χ4v) is 5.14. The van der Waals surface area contributed by atoms with Gasteiger partial charge in [0.1, 0.15) is 0 Å². The normalized spacial score (nSPS) is 21.0. The highest BCUT2D eigenvalue weighted by Crippen LogP contribution is 2.26. The summed E-state index contributed by atoms with van der Waals surface area (Å²) in [5.41, 5.74) is 0. The number of anilines is 2. The molecule has 6 heteroatoms. The smallest absolute Gasteiger partial charge is 0.185 e. The van der Waals surface area contributed by atoms with Crippen LogP contribution in [0.2, 0.25) is 0 Å². The minimum absolute atomic E-state index is 0.685. The van der Waals surface area contributed by atoms with E-state index in [1.165, 1.54) is 48.9 Å². The van der Waals surface area contributed by atoms with E-state index in [1.807, 2.05) is 17.5 Å². The van der Waals surface area contributed by atoms with Crippen LogP contribution in [0, 0.1) is 0 Å². The molecule has 2 saturated heterocycles. The number of piperidine rings is 2. The van der Waals surface area contributed by atoms with E-state index < -0.39 is 0 Å². The second-order valence-corrected chi connectivity index (χ2v) is 8.25. The quantitative estimate of drug-likeness (QED) is 0.917. The van der Waals surface area contributed by atoms with E-state index in [0.717, 1.165) is 13.1 Å². The molecule has 2 aromatic heterocycles. The molecular weight excluding hydrogens is 324 g/mol. The fraction of sp³-hybridized carbons (Fsp3) is 0.588. The first-order valence-electron chi connectivity index (χ1n) is 8.57. The van der Waals surface area contributed by atoms with Crippen LogP contribution >= 0.6 is 22.7 Å². The van der Waals surface area contributed by atoms with Gasteiger partial charge in [-0.2, -0.15) is 0 Å². The van der Waals surface area contributed by atoms with E-state index in [2.05, 4.69) is 43.0 Å². The first-order valence-corrected chi connectivity index (χ1v) is 10.3. The number of hydrogen-bond acceptors (Lipinski definition) is 6. The van der Waals surface area contributed by atoms with Crippen LogP contribution in [0.5, 0.6) is 0 Å². The van der Waals surface area contributed by atoms with Crippen molar-refractivity contribution in [2.24, 2.45) is 0 Å². The Labute approximate surface area is 146 Å². The van der Waals surface area contributed by atoms with E-state index in [0.29, 0.717) is 12.1 Å². The average Bonchev–Trinajstić information content (AvgIpc) is 3.30. The molecule has 0 aromatic carbocycles. The number of thiophene rings is 1. The molecule has 4 heterocycles. The molecule has 4 rings (SSSR count). The summed E-state index contributed by atoms with van der Waals surface area (Å²) in [6.07, 6.45) is 6.93. The number of thiazole rings is 1. The SMILES string of the molecule is c1csc(N2CCC(NC3CCN(c4nccs4)CC3)CC2)c1. The summed E-state index contributed by atoms with van der Waals surface area (Å²) in [4.78, 5) is 9.40. The van der Waals surface area contributed by atoms with Crippen LogP contribution in [-0.4, -0.2) is 43.2 Å². The van der Waals surface area contributed by atoms with Crippen molar-refractivity contribution in [2.75, 3.05) is 36.0 Å². The summed E-state index contributed by atoms with van der Waals surface area (Å²) < 4.78 is 0. The molecule has 0 unspecified atom stereocenters. The highest BCUT2D eigenvalue weighted by molar-refractivity contribution is 7.14. The van der Waals surface area contributed by atoms with E-state index in [1.54, 1.807) is 11.3 Å². The third-order valence-corrected chi connectivity index (χ3v) is 6.73. The monoisotopic (exact) mass is 348 g/mol. The summed E-state index contributed by atoms with van der Waals surface area (Å²) in [5.74, 6) is 0. The van der Waals surface area contributed by atoms with Gasteiger partial charge >= 0.3 is 0 Å². The zero-order chi connectivity index (χ0) is 15.5. The van der Waals surface area contributed by atoms with E-state index >= 15 is 0 Å². The molecule has 2 aliphatic heterocycles. The van der Waals surface area contributed by atoms with E-state index in [9.17, 15) is 0 Å². The maximum atomic E-state index is 4.43. The Hall–Kier alpha value is -1.11. The van der Waals surface area contributed by atoms with Crippen molar-refractivity contribution in [3.05, 3.63) is 29.1 Å². The van der Waals surface area contributed by atoms with Crippen LogP contribution in [0.3, 0.4) is 0 Å². The molecule has 23 heavy (non-hydrogen) atoms. The van der Waals surface area contributed by atoms with Crippen LogP contribution < -0.4 is 15.1 Å². The van der Waals surface area contributed by atoms with Crippen molar-refractivity contribution >= 4 is 32.8 Å². The fourth-order valence-electron chi connectivity index (χ4n) is 3.66. The molecule has 2 aromatic rings. The van der Waals surface area contributed by atoms with Gasteiger partial charge in [0.2, 0.25) is 0 Å². The lowest BCUT2D eigenvalue weighted by Gasteiger charge is -2.38. The molecular formula is C17H24N4S2. The molecule has 1 N–H and O–H groups in total. The summed E-state index contributed by atoms with van der Waals surface area (Å²) in [7, 11) is 0. The van der Waals surface area contributed by atoms with Gasteiger partial charge in [0.25, 0.3) is 0 Å². The second kappa shape index (κ2) is 7.20. The Morgan fingerprint density at radius 1 is 0.913 bits per heavy atom. The molecule has 124 valence electrons. The Bertz CT molecular complexity index is 516. The predicted molar refractivity (Wildman–Crippen MR) is 100 cm³/mol. The maximum absolute atomic E-state index is 4.43. The molecule has 0 spiro atoms. The van der Waals surface area contributed by atoms with Gasteiger partial charge in [0.15, 0.2) is 5.13 Å². The molecule has 2 aliphatic rings. The summed E-state index contributed by atoms with van der Waals surface area (Å²) in [6.45, 7) is 4.66. The Kier molecular flexibility index (Phi) is 4.82. The van der Waals surface area contributed by atoms with Crippen LogP contribution in [-0.2, 0) is 0 Å². The van der Waals surface area contributed by atoms with E-state index in [4.69, 9.17) is 0 Å². The molecule has 0 bridgehead atoms. The predicted octanol–water partition coefficient (Wildman–Crippen LogP) is 3.43. The Morgan fingerprint density at radius 2 is 1.61 bits per heavy atom. The van der Waals surface area contributed by atoms with Crippen molar-refractivity contribution in [3.63, 3.8) is 0 Å². The first kappa shape index (κ1) is 15.4. The zero-order valence-electron chi connectivity index (χ0n) is 13.4. The molecule has 0 aliphatic carbocycles. The topological polar surface area (TPSA) is 31.4 Å². The standard InChI is InChI=1S/C17H24N4S2/c1-2-16(22-12-1)20-8-3-14(4-9-20)19-15-5-10-21(11-6-15)17-18-7-13-23-17/h1-2,7,12-15,19H,3-6,8-11H2. The first-order chi connectivity index (χ1) is 11.4. The van der Waals surface area contributed by atoms with Crippen molar-refractivity contribution in [3.8, 4) is 0 Å². The van der Waals surface area contributed by atoms with Gasteiger partial charge in [0.05, 0.1) is 5.00 Å². The van der Waals surface area contributed by atoms with Crippen molar-refractivity contribution in [1.82, 2.24) is 10.3 Å². The maximum Gasteiger partial charge on any atom is 0.185 e. The van der Waals surface area contributed by atoms with Crippen LogP contribution in [0.1, 0.15) is 25.7 Å². The number of nitrogens with one attached hydrogen (secondary N) is 1. The highest BCUT2D eigenvalue weighted by Gasteiger charge is 2.25. The Balaban J connectivity index is 1.22. The largest absolute Gasteiger partial charge is 0.363 e. The molecule has 0 atom stereocenters. The minimum atomic E-state index is 0.685. The molecule has 0 saturated carbocycles. The van der Waals surface area contributed by atoms with Crippen molar-refractivity contribution < 1.29 is 0 Å². The number of hydrogen-bond donors (Lipinski definition) is 1. The van der Waals surface area contributed by atoms with Gasteiger partial charge in [0, 0.05) is 49.8 Å². The molecule has 4 nitrogen and oxygen atoms in total. The summed E-state index contributed by atoms with van der Waals surface area (Å²) >= 11 is 3.62. The van der Waals surface area contributed by atoms with Crippen LogP contribution in [0.4, 0.5) is 10.1 Å². The zero-order valence-corrected chi connectivity index (χ0v) is 15.0. The van der Waals surface area contributed by atoms with Crippen LogP contribution in [0.25, 0.3) is 0 Å². The van der Waals surface area contributed by atoms with Gasteiger partial charge < -0.3 is 15.1 Å². The molecule has 2 fully saturated rings.